The monoisotopic (exact) mass is 1020 g/mol. The van der Waals surface area contributed by atoms with Crippen LogP contribution in [0.5, 0.6) is 0 Å². The first-order chi connectivity index (χ1) is 36.1. The van der Waals surface area contributed by atoms with E-state index in [0.29, 0.717) is 12.8 Å². The van der Waals surface area contributed by atoms with Gasteiger partial charge in [0.2, 0.25) is 0 Å². The van der Waals surface area contributed by atoms with Crippen LogP contribution in [0.15, 0.2) is 48.6 Å². The zero-order valence-corrected chi connectivity index (χ0v) is 49.2. The maximum atomic E-state index is 12.3. The van der Waals surface area contributed by atoms with Crippen LogP contribution >= 0.6 is 0 Å². The lowest BCUT2D eigenvalue weighted by molar-refractivity contribution is -0.161. The highest BCUT2D eigenvalue weighted by Crippen LogP contribution is 2.19. The summed E-state index contributed by atoms with van der Waals surface area (Å²) in [5.74, 6) is -0.593. The van der Waals surface area contributed by atoms with Crippen LogP contribution < -0.4 is 0 Å². The van der Waals surface area contributed by atoms with E-state index >= 15 is 0 Å². The molecule has 0 saturated heterocycles. The van der Waals surface area contributed by atoms with Gasteiger partial charge in [0.05, 0.1) is 6.61 Å². The zero-order chi connectivity index (χ0) is 52.7. The van der Waals surface area contributed by atoms with Gasteiger partial charge in [0.1, 0.15) is 6.61 Å². The fourth-order valence-corrected chi connectivity index (χ4v) is 10.0. The average molecular weight is 1020 g/mol. The highest BCUT2D eigenvalue weighted by molar-refractivity contribution is 5.70. The number of carbonyl (C=O) groups is 2. The van der Waals surface area contributed by atoms with Crippen molar-refractivity contribution in [3.8, 4) is 0 Å². The zero-order valence-electron chi connectivity index (χ0n) is 49.2. The van der Waals surface area contributed by atoms with E-state index < -0.39 is 6.10 Å². The predicted molar refractivity (Wildman–Crippen MR) is 321 cm³/mol. The van der Waals surface area contributed by atoms with Crippen molar-refractivity contribution in [1.82, 2.24) is 0 Å². The van der Waals surface area contributed by atoms with Gasteiger partial charge in [0.15, 0.2) is 6.10 Å². The normalized spacial score (nSPS) is 12.4. The van der Waals surface area contributed by atoms with Crippen molar-refractivity contribution >= 4 is 11.9 Å². The van der Waals surface area contributed by atoms with Crippen LogP contribution in [0.3, 0.4) is 0 Å². The van der Waals surface area contributed by atoms with Crippen LogP contribution in [0.4, 0.5) is 0 Å². The predicted octanol–water partition coefficient (Wildman–Crippen LogP) is 22.4. The molecule has 0 amide bonds. The van der Waals surface area contributed by atoms with Crippen LogP contribution in [-0.2, 0) is 19.1 Å². The largest absolute Gasteiger partial charge is 0.462 e. The van der Waals surface area contributed by atoms with E-state index in [2.05, 4.69) is 62.5 Å². The molecule has 0 aliphatic heterocycles. The summed E-state index contributed by atoms with van der Waals surface area (Å²) in [6.07, 6.45) is 85.8. The first-order valence-electron chi connectivity index (χ1n) is 32.7. The first-order valence-corrected chi connectivity index (χ1v) is 32.7. The molecule has 0 aliphatic carbocycles. The van der Waals surface area contributed by atoms with Gasteiger partial charge in [-0.2, -0.15) is 0 Å². The minimum atomic E-state index is -0.780. The molecule has 0 saturated carbocycles. The summed E-state index contributed by atoms with van der Waals surface area (Å²) in [5, 5.41) is 9.66. The van der Waals surface area contributed by atoms with Crippen LogP contribution in [-0.4, -0.2) is 36.4 Å². The Kier molecular flexibility index (Phi) is 62.3. The van der Waals surface area contributed by atoms with E-state index in [0.717, 1.165) is 70.6 Å². The van der Waals surface area contributed by atoms with Gasteiger partial charge in [-0.15, -0.1) is 0 Å². The molecule has 1 N–H and O–H groups in total. The standard InChI is InChI=1S/C68H126O5/c1-3-5-7-9-11-13-15-17-19-21-23-24-25-26-27-28-29-30-31-32-33-34-35-36-37-38-39-40-41-42-43-45-46-48-50-52-54-56-58-60-62-67(70)72-65-66(64-69)73-68(71)63-61-59-57-55-53-51-49-47-44-22-20-18-16-14-12-10-8-6-4-2/h6,8,12,14,18,20,44,47,66,69H,3-5,7,9-11,13,15-17,19,21-43,45-46,48-65H2,1-2H3/b8-6-,14-12-,20-18-,47-44-. The lowest BCUT2D eigenvalue weighted by Crippen LogP contribution is -2.28. The van der Waals surface area contributed by atoms with Crippen molar-refractivity contribution < 1.29 is 24.2 Å². The van der Waals surface area contributed by atoms with E-state index in [1.54, 1.807) is 0 Å². The second-order valence-electron chi connectivity index (χ2n) is 22.2. The van der Waals surface area contributed by atoms with E-state index in [1.165, 1.54) is 257 Å². The number of ether oxygens (including phenoxy) is 2. The van der Waals surface area contributed by atoms with E-state index in [-0.39, 0.29) is 25.2 Å². The Balaban J connectivity index is 3.36. The molecule has 428 valence electrons. The summed E-state index contributed by atoms with van der Waals surface area (Å²) in [6.45, 7) is 4.06. The van der Waals surface area contributed by atoms with E-state index in [9.17, 15) is 14.7 Å². The third-order valence-electron chi connectivity index (χ3n) is 14.9. The molecule has 0 fully saturated rings. The SMILES string of the molecule is CC/C=C\C/C=C\C/C=C\C/C=C\CCCCCCCCC(=O)OC(CO)COC(=O)CCCCCCCCCCCCCCCCCCCCCCCCCCCCCCCCCCCCCCCCCC. The quantitative estimate of drug-likeness (QED) is 0.0373. The van der Waals surface area contributed by atoms with Crippen LogP contribution in [0.2, 0.25) is 0 Å². The van der Waals surface area contributed by atoms with E-state index in [4.69, 9.17) is 9.47 Å². The Morgan fingerprint density at radius 1 is 0.329 bits per heavy atom. The lowest BCUT2D eigenvalue weighted by Gasteiger charge is -2.15. The molecule has 0 spiro atoms. The van der Waals surface area contributed by atoms with Gasteiger partial charge < -0.3 is 14.6 Å². The van der Waals surface area contributed by atoms with Crippen LogP contribution in [0, 0.1) is 0 Å². The van der Waals surface area contributed by atoms with Gasteiger partial charge in [-0.25, -0.2) is 0 Å². The number of esters is 2. The van der Waals surface area contributed by atoms with Gasteiger partial charge >= 0.3 is 11.9 Å². The number of hydrogen-bond acceptors (Lipinski definition) is 5. The molecule has 1 unspecified atom stereocenters. The molecule has 0 bridgehead atoms. The molecule has 0 aromatic rings. The Morgan fingerprint density at radius 2 is 0.589 bits per heavy atom. The molecule has 0 rings (SSSR count). The van der Waals surface area contributed by atoms with Gasteiger partial charge in [-0.05, 0) is 51.4 Å². The second kappa shape index (κ2) is 64.1. The van der Waals surface area contributed by atoms with E-state index in [1.807, 2.05) is 0 Å². The average Bonchev–Trinajstić information content (AvgIpc) is 3.39. The van der Waals surface area contributed by atoms with Gasteiger partial charge in [-0.3, -0.25) is 9.59 Å². The van der Waals surface area contributed by atoms with Crippen LogP contribution in [0.1, 0.15) is 354 Å². The Hall–Kier alpha value is -2.14. The molecular weight excluding hydrogens is 897 g/mol. The molecule has 73 heavy (non-hydrogen) atoms. The number of aliphatic hydroxyl groups excluding tert-OH is 1. The van der Waals surface area contributed by atoms with Crippen molar-refractivity contribution in [1.29, 1.82) is 0 Å². The summed E-state index contributed by atoms with van der Waals surface area (Å²) in [5.41, 5.74) is 0. The van der Waals surface area contributed by atoms with Crippen molar-refractivity contribution in [3.05, 3.63) is 48.6 Å². The molecule has 0 aromatic heterocycles. The topological polar surface area (TPSA) is 72.8 Å². The third kappa shape index (κ3) is 62.3. The smallest absolute Gasteiger partial charge is 0.306 e. The molecule has 0 radical (unpaired) electrons. The van der Waals surface area contributed by atoms with Crippen LogP contribution in [0.25, 0.3) is 0 Å². The summed E-state index contributed by atoms with van der Waals surface area (Å²) >= 11 is 0. The molecule has 1 atom stereocenters. The number of carbonyl (C=O) groups excluding carboxylic acids is 2. The molecule has 5 nitrogen and oxygen atoms in total. The Bertz CT molecular complexity index is 1200. The molecule has 5 heteroatoms. The van der Waals surface area contributed by atoms with Gasteiger partial charge in [0, 0.05) is 12.8 Å². The van der Waals surface area contributed by atoms with Gasteiger partial charge in [-0.1, -0.05) is 339 Å². The molecule has 0 aromatic carbocycles. The van der Waals surface area contributed by atoms with Crippen molar-refractivity contribution in [3.63, 3.8) is 0 Å². The van der Waals surface area contributed by atoms with Gasteiger partial charge in [0.25, 0.3) is 0 Å². The summed E-state index contributed by atoms with van der Waals surface area (Å²) in [6, 6.07) is 0. The Morgan fingerprint density at radius 3 is 0.890 bits per heavy atom. The highest BCUT2D eigenvalue weighted by atomic mass is 16.6. The molecular formula is C68H126O5. The number of rotatable bonds is 61. The van der Waals surface area contributed by atoms with Crippen molar-refractivity contribution in [2.75, 3.05) is 13.2 Å². The Labute approximate surface area is 456 Å². The third-order valence-corrected chi connectivity index (χ3v) is 14.9. The molecule has 0 heterocycles. The summed E-state index contributed by atoms with van der Waals surface area (Å²) < 4.78 is 10.7. The minimum Gasteiger partial charge on any atom is -0.462 e. The minimum absolute atomic E-state index is 0.0693. The first kappa shape index (κ1) is 70.9. The lowest BCUT2D eigenvalue weighted by atomic mass is 10.0. The summed E-state index contributed by atoms with van der Waals surface area (Å²) in [4.78, 5) is 24.5. The van der Waals surface area contributed by atoms with Crippen molar-refractivity contribution in [2.45, 2.75) is 360 Å². The highest BCUT2D eigenvalue weighted by Gasteiger charge is 2.16. The number of unbranched alkanes of at least 4 members (excludes halogenated alkanes) is 45. The fourth-order valence-electron chi connectivity index (χ4n) is 10.0. The number of hydrogen-bond donors (Lipinski definition) is 1. The maximum Gasteiger partial charge on any atom is 0.306 e. The maximum absolute atomic E-state index is 12.3. The molecule has 0 aliphatic rings. The fraction of sp³-hybridized carbons (Fsp3) is 0.853. The second-order valence-corrected chi connectivity index (χ2v) is 22.2. The number of aliphatic hydroxyl groups is 1. The van der Waals surface area contributed by atoms with Crippen molar-refractivity contribution in [2.24, 2.45) is 0 Å². The number of allylic oxidation sites excluding steroid dienone is 8. The summed E-state index contributed by atoms with van der Waals surface area (Å²) in [7, 11) is 0.